The Hall–Kier alpha value is 0.717. The zero-order chi connectivity index (χ0) is 15.8. The minimum absolute atomic E-state index is 0.803. The minimum atomic E-state index is -1.84. The van der Waals surface area contributed by atoms with Gasteiger partial charge in [-0.2, -0.15) is 0 Å². The normalized spacial score (nSPS) is 12.0. The van der Waals surface area contributed by atoms with Gasteiger partial charge in [0.15, 0.2) is 0 Å². The molecule has 0 aromatic carbocycles. The van der Waals surface area contributed by atoms with Crippen molar-refractivity contribution in [3.8, 4) is 0 Å². The largest absolute Gasteiger partial charge is 0.385 e. The van der Waals surface area contributed by atoms with Gasteiger partial charge in [0.05, 0.1) is 0 Å². The van der Waals surface area contributed by atoms with Crippen molar-refractivity contribution in [2.24, 2.45) is 0 Å². The fourth-order valence-electron chi connectivity index (χ4n) is 2.28. The highest BCUT2D eigenvalue weighted by Crippen LogP contribution is 2.23. The van der Waals surface area contributed by atoms with Crippen molar-refractivity contribution in [1.82, 2.24) is 0 Å². The van der Waals surface area contributed by atoms with E-state index in [1.54, 1.807) is 7.11 Å². The maximum Gasteiger partial charge on any atom is 0.248 e. The molecule has 0 N–H and O–H groups in total. The van der Waals surface area contributed by atoms with Gasteiger partial charge < -0.3 is 9.47 Å². The van der Waals surface area contributed by atoms with Gasteiger partial charge in [0.25, 0.3) is 0 Å². The van der Waals surface area contributed by atoms with Gasteiger partial charge in [-0.3, -0.25) is 0 Å². The van der Waals surface area contributed by atoms with Crippen molar-refractivity contribution in [1.29, 1.82) is 0 Å². The average Bonchev–Trinajstić information content (AvgIpc) is 2.42. The third-order valence-corrected chi connectivity index (χ3v) is 5.91. The molecule has 0 aromatic rings. The predicted octanol–water partition coefficient (Wildman–Crippen LogP) is 6.10. The number of hydrogen-bond acceptors (Lipinski definition) is 2. The van der Waals surface area contributed by atoms with Crippen LogP contribution in [0.1, 0.15) is 64.2 Å². The van der Waals surface area contributed by atoms with Gasteiger partial charge in [-0.25, -0.2) is 0 Å². The fraction of sp³-hybridized carbons (Fsp3) is 1.00. The van der Waals surface area contributed by atoms with E-state index in [4.69, 9.17) is 31.6 Å². The van der Waals surface area contributed by atoms with Crippen LogP contribution < -0.4 is 0 Å². The summed E-state index contributed by atoms with van der Waals surface area (Å²) in [4.78, 5) is 0. The van der Waals surface area contributed by atoms with Crippen LogP contribution in [0.25, 0.3) is 0 Å². The monoisotopic (exact) mass is 356 g/mol. The Morgan fingerprint density at radius 2 is 1.14 bits per heavy atom. The van der Waals surface area contributed by atoms with E-state index in [0.29, 0.717) is 0 Å². The van der Waals surface area contributed by atoms with Crippen LogP contribution in [0, 0.1) is 0 Å². The Kier molecular flexibility index (Phi) is 16.1. The summed E-state index contributed by atoms with van der Waals surface area (Å²) in [5.74, 6) is 0. The molecule has 128 valence electrons. The standard InChI is InChI=1S/C16H34Cl2O2Si/c1-19-13-12-15-20-14-10-8-6-4-3-5-7-9-11-16-21(2,17)18/h3-16H2,1-2H3. The highest BCUT2D eigenvalue weighted by molar-refractivity contribution is 7.44. The first-order chi connectivity index (χ1) is 10.1. The smallest absolute Gasteiger partial charge is 0.248 e. The van der Waals surface area contributed by atoms with Crippen molar-refractivity contribution in [2.45, 2.75) is 76.8 Å². The average molecular weight is 357 g/mol. The molecular formula is C16H34Cl2O2Si. The molecule has 0 aliphatic carbocycles. The molecule has 0 fully saturated rings. The molecule has 0 aliphatic rings. The zero-order valence-electron chi connectivity index (χ0n) is 14.0. The lowest BCUT2D eigenvalue weighted by Crippen LogP contribution is -2.11. The minimum Gasteiger partial charge on any atom is -0.385 e. The maximum absolute atomic E-state index is 6.08. The van der Waals surface area contributed by atoms with E-state index in [2.05, 4.69) is 0 Å². The zero-order valence-corrected chi connectivity index (χ0v) is 16.5. The summed E-state index contributed by atoms with van der Waals surface area (Å²) in [6.45, 7) is 2.72. The van der Waals surface area contributed by atoms with Crippen molar-refractivity contribution in [3.63, 3.8) is 0 Å². The van der Waals surface area contributed by atoms with E-state index in [0.717, 1.165) is 32.3 Å². The Balaban J connectivity index is 3.00. The Morgan fingerprint density at radius 1 is 0.667 bits per heavy atom. The van der Waals surface area contributed by atoms with Crippen LogP contribution in [0.15, 0.2) is 0 Å². The molecule has 21 heavy (non-hydrogen) atoms. The molecular weight excluding hydrogens is 323 g/mol. The molecule has 0 spiro atoms. The van der Waals surface area contributed by atoms with E-state index >= 15 is 0 Å². The molecule has 0 heterocycles. The topological polar surface area (TPSA) is 18.5 Å². The molecule has 0 aromatic heterocycles. The maximum atomic E-state index is 6.08. The van der Waals surface area contributed by atoms with E-state index in [9.17, 15) is 0 Å². The SMILES string of the molecule is COCCCOCCCCCCCCCCC[Si](C)(Cl)Cl. The number of hydrogen-bond donors (Lipinski definition) is 0. The molecule has 0 saturated carbocycles. The van der Waals surface area contributed by atoms with Gasteiger partial charge in [0.1, 0.15) is 0 Å². The van der Waals surface area contributed by atoms with E-state index in [1.165, 1.54) is 57.8 Å². The highest BCUT2D eigenvalue weighted by Gasteiger charge is 2.19. The second-order valence-corrected chi connectivity index (χ2v) is 14.2. The molecule has 2 nitrogen and oxygen atoms in total. The predicted molar refractivity (Wildman–Crippen MR) is 97.0 cm³/mol. The van der Waals surface area contributed by atoms with E-state index < -0.39 is 6.69 Å². The van der Waals surface area contributed by atoms with E-state index in [-0.39, 0.29) is 0 Å². The first kappa shape index (κ1) is 21.7. The van der Waals surface area contributed by atoms with Crippen LogP contribution in [0.2, 0.25) is 12.6 Å². The van der Waals surface area contributed by atoms with Crippen LogP contribution in [-0.2, 0) is 9.47 Å². The summed E-state index contributed by atoms with van der Waals surface area (Å²) in [6, 6.07) is 1.04. The first-order valence-electron chi connectivity index (χ1n) is 8.51. The van der Waals surface area contributed by atoms with Crippen molar-refractivity contribution >= 4 is 28.9 Å². The second-order valence-electron chi connectivity index (χ2n) is 5.96. The molecule has 0 radical (unpaired) electrons. The summed E-state index contributed by atoms with van der Waals surface area (Å²) in [5.41, 5.74) is 0. The Labute approximate surface area is 142 Å². The van der Waals surface area contributed by atoms with Crippen LogP contribution >= 0.6 is 22.2 Å². The molecule has 0 saturated heterocycles. The van der Waals surface area contributed by atoms with Gasteiger partial charge in [-0.05, 0) is 25.4 Å². The summed E-state index contributed by atoms with van der Waals surface area (Å²) in [7, 11) is 1.73. The molecule has 5 heteroatoms. The first-order valence-corrected chi connectivity index (χ1v) is 13.2. The quantitative estimate of drug-likeness (QED) is 0.189. The highest BCUT2D eigenvalue weighted by atomic mass is 35.7. The lowest BCUT2D eigenvalue weighted by Gasteiger charge is -2.09. The number of halogens is 2. The van der Waals surface area contributed by atoms with Gasteiger partial charge in [0, 0.05) is 26.9 Å². The number of ether oxygens (including phenoxy) is 2. The lowest BCUT2D eigenvalue weighted by molar-refractivity contribution is 0.100. The molecule has 0 unspecified atom stereocenters. The van der Waals surface area contributed by atoms with Crippen LogP contribution in [0.3, 0.4) is 0 Å². The molecule has 0 bridgehead atoms. The molecule has 0 rings (SSSR count). The van der Waals surface area contributed by atoms with Crippen LogP contribution in [0.4, 0.5) is 0 Å². The molecule has 0 amide bonds. The Bertz CT molecular complexity index is 211. The van der Waals surface area contributed by atoms with E-state index in [1.807, 2.05) is 6.55 Å². The van der Waals surface area contributed by atoms with Gasteiger partial charge in [-0.1, -0.05) is 51.4 Å². The fourth-order valence-corrected chi connectivity index (χ4v) is 3.96. The van der Waals surface area contributed by atoms with Crippen LogP contribution in [0.5, 0.6) is 0 Å². The third kappa shape index (κ3) is 20.7. The summed E-state index contributed by atoms with van der Waals surface area (Å²) in [6.07, 6.45) is 12.8. The lowest BCUT2D eigenvalue weighted by atomic mass is 10.1. The summed E-state index contributed by atoms with van der Waals surface area (Å²) < 4.78 is 10.5. The summed E-state index contributed by atoms with van der Waals surface area (Å²) >= 11 is 12.2. The number of unbranched alkanes of at least 4 members (excludes halogenated alkanes) is 8. The number of methoxy groups -OCH3 is 1. The van der Waals surface area contributed by atoms with Crippen molar-refractivity contribution in [2.75, 3.05) is 26.9 Å². The van der Waals surface area contributed by atoms with Crippen LogP contribution in [-0.4, -0.2) is 33.6 Å². The van der Waals surface area contributed by atoms with Crippen molar-refractivity contribution in [3.05, 3.63) is 0 Å². The third-order valence-electron chi connectivity index (χ3n) is 3.54. The molecule has 0 aliphatic heterocycles. The second kappa shape index (κ2) is 15.6. The van der Waals surface area contributed by atoms with Gasteiger partial charge >= 0.3 is 0 Å². The summed E-state index contributed by atoms with van der Waals surface area (Å²) in [5, 5.41) is 0. The Morgan fingerprint density at radius 3 is 1.67 bits per heavy atom. The van der Waals surface area contributed by atoms with Gasteiger partial charge in [0.2, 0.25) is 6.69 Å². The molecule has 0 atom stereocenters. The van der Waals surface area contributed by atoms with Crippen molar-refractivity contribution < 1.29 is 9.47 Å². The number of rotatable bonds is 16. The van der Waals surface area contributed by atoms with Gasteiger partial charge in [-0.15, -0.1) is 22.2 Å².